The van der Waals surface area contributed by atoms with E-state index in [1.54, 1.807) is 12.1 Å². The summed E-state index contributed by atoms with van der Waals surface area (Å²) in [7, 11) is 1.38. The molecule has 100 valence electrons. The molecule has 0 aliphatic carbocycles. The minimum atomic E-state index is -0.319. The van der Waals surface area contributed by atoms with Gasteiger partial charge in [0.25, 0.3) is 0 Å². The fraction of sp³-hybridized carbons (Fsp3) is 0.500. The minimum Gasteiger partial charge on any atom is -0.468 e. The Morgan fingerprint density at radius 2 is 1.94 bits per heavy atom. The average Bonchev–Trinajstić information content (AvgIpc) is 2.35. The predicted octanol–water partition coefficient (Wildman–Crippen LogP) is 2.50. The SMILES string of the molecule is COC(=O)[C@H](CC(C)C)NCc1ccc(F)cc1. The van der Waals surface area contributed by atoms with Gasteiger partial charge in [-0.25, -0.2) is 4.39 Å². The lowest BCUT2D eigenvalue weighted by molar-refractivity contribution is -0.143. The van der Waals surface area contributed by atoms with Crippen LogP contribution in [0.15, 0.2) is 24.3 Å². The number of hydrogen-bond acceptors (Lipinski definition) is 3. The van der Waals surface area contributed by atoms with Crippen LogP contribution in [0.25, 0.3) is 0 Å². The molecule has 1 aromatic carbocycles. The molecule has 1 aromatic rings. The summed E-state index contributed by atoms with van der Waals surface area (Å²) in [5.74, 6) is -0.119. The lowest BCUT2D eigenvalue weighted by Crippen LogP contribution is -2.38. The van der Waals surface area contributed by atoms with E-state index >= 15 is 0 Å². The van der Waals surface area contributed by atoms with E-state index in [9.17, 15) is 9.18 Å². The second-order valence-electron chi connectivity index (χ2n) is 4.71. The minimum absolute atomic E-state index is 0.259. The second-order valence-corrected chi connectivity index (χ2v) is 4.71. The number of nitrogens with one attached hydrogen (secondary N) is 1. The molecule has 0 spiro atoms. The first-order chi connectivity index (χ1) is 8.52. The van der Waals surface area contributed by atoms with Crippen LogP contribution in [-0.2, 0) is 16.1 Å². The number of carbonyl (C=O) groups is 1. The predicted molar refractivity (Wildman–Crippen MR) is 68.5 cm³/mol. The van der Waals surface area contributed by atoms with Crippen molar-refractivity contribution in [1.29, 1.82) is 0 Å². The third-order valence-electron chi connectivity index (χ3n) is 2.66. The van der Waals surface area contributed by atoms with E-state index in [0.717, 1.165) is 5.56 Å². The molecular formula is C14H20FNO2. The zero-order valence-corrected chi connectivity index (χ0v) is 11.1. The molecule has 0 amide bonds. The highest BCUT2D eigenvalue weighted by Gasteiger charge is 2.19. The molecule has 0 saturated carbocycles. The normalized spacial score (nSPS) is 12.5. The molecule has 0 aliphatic heterocycles. The van der Waals surface area contributed by atoms with Gasteiger partial charge in [-0.2, -0.15) is 0 Å². The molecular weight excluding hydrogens is 233 g/mol. The third kappa shape index (κ3) is 4.84. The summed E-state index contributed by atoms with van der Waals surface area (Å²) in [6, 6.07) is 5.90. The van der Waals surface area contributed by atoms with Gasteiger partial charge in [-0.05, 0) is 30.0 Å². The van der Waals surface area contributed by atoms with Crippen molar-refractivity contribution in [2.45, 2.75) is 32.9 Å². The van der Waals surface area contributed by atoms with E-state index in [0.29, 0.717) is 18.9 Å². The van der Waals surface area contributed by atoms with Crippen LogP contribution in [0.3, 0.4) is 0 Å². The summed E-state index contributed by atoms with van der Waals surface area (Å²) >= 11 is 0. The molecule has 0 radical (unpaired) electrons. The summed E-state index contributed by atoms with van der Waals surface area (Å²) in [5.41, 5.74) is 0.939. The molecule has 0 unspecified atom stereocenters. The zero-order chi connectivity index (χ0) is 13.5. The van der Waals surface area contributed by atoms with E-state index in [1.165, 1.54) is 19.2 Å². The molecule has 0 aromatic heterocycles. The molecule has 1 N–H and O–H groups in total. The summed E-state index contributed by atoms with van der Waals surface area (Å²) in [5, 5.41) is 3.14. The van der Waals surface area contributed by atoms with Crippen LogP contribution in [0.5, 0.6) is 0 Å². The molecule has 0 saturated heterocycles. The number of hydrogen-bond donors (Lipinski definition) is 1. The largest absolute Gasteiger partial charge is 0.468 e. The first-order valence-corrected chi connectivity index (χ1v) is 6.08. The van der Waals surface area contributed by atoms with Crippen molar-refractivity contribution in [2.75, 3.05) is 7.11 Å². The van der Waals surface area contributed by atoms with E-state index in [4.69, 9.17) is 4.74 Å². The van der Waals surface area contributed by atoms with Crippen LogP contribution in [0, 0.1) is 11.7 Å². The smallest absolute Gasteiger partial charge is 0.322 e. The highest BCUT2D eigenvalue weighted by atomic mass is 19.1. The number of methoxy groups -OCH3 is 1. The van der Waals surface area contributed by atoms with Gasteiger partial charge in [0, 0.05) is 6.54 Å². The quantitative estimate of drug-likeness (QED) is 0.792. The maximum Gasteiger partial charge on any atom is 0.322 e. The van der Waals surface area contributed by atoms with Gasteiger partial charge < -0.3 is 10.1 Å². The standard InChI is InChI=1S/C14H20FNO2/c1-10(2)8-13(14(17)18-3)16-9-11-4-6-12(15)7-5-11/h4-7,10,13,16H,8-9H2,1-3H3/t13-/m0/s1. The van der Waals surface area contributed by atoms with Crippen molar-refractivity contribution in [3.8, 4) is 0 Å². The van der Waals surface area contributed by atoms with Crippen LogP contribution < -0.4 is 5.32 Å². The van der Waals surface area contributed by atoms with Crippen molar-refractivity contribution in [1.82, 2.24) is 5.32 Å². The molecule has 4 heteroatoms. The highest BCUT2D eigenvalue weighted by molar-refractivity contribution is 5.75. The Hall–Kier alpha value is -1.42. The number of carbonyl (C=O) groups excluding carboxylic acids is 1. The average molecular weight is 253 g/mol. The van der Waals surface area contributed by atoms with Crippen molar-refractivity contribution in [2.24, 2.45) is 5.92 Å². The third-order valence-corrected chi connectivity index (χ3v) is 2.66. The Kier molecular flexibility index (Phi) is 5.78. The maximum atomic E-state index is 12.7. The summed E-state index contributed by atoms with van der Waals surface area (Å²) < 4.78 is 17.5. The molecule has 1 atom stereocenters. The van der Waals surface area contributed by atoms with Gasteiger partial charge >= 0.3 is 5.97 Å². The van der Waals surface area contributed by atoms with Crippen molar-refractivity contribution < 1.29 is 13.9 Å². The first kappa shape index (κ1) is 14.6. The van der Waals surface area contributed by atoms with Gasteiger partial charge in [0.2, 0.25) is 0 Å². The van der Waals surface area contributed by atoms with Gasteiger partial charge in [0.05, 0.1) is 7.11 Å². The van der Waals surface area contributed by atoms with E-state index < -0.39 is 0 Å². The first-order valence-electron chi connectivity index (χ1n) is 6.08. The highest BCUT2D eigenvalue weighted by Crippen LogP contribution is 2.08. The van der Waals surface area contributed by atoms with Crippen LogP contribution in [0.2, 0.25) is 0 Å². The molecule has 3 nitrogen and oxygen atoms in total. The van der Waals surface area contributed by atoms with Crippen LogP contribution >= 0.6 is 0 Å². The van der Waals surface area contributed by atoms with E-state index in [-0.39, 0.29) is 17.8 Å². The van der Waals surface area contributed by atoms with E-state index in [1.807, 2.05) is 0 Å². The van der Waals surface area contributed by atoms with Gasteiger partial charge in [-0.1, -0.05) is 26.0 Å². The van der Waals surface area contributed by atoms with Crippen molar-refractivity contribution in [3.63, 3.8) is 0 Å². The molecule has 0 heterocycles. The number of halogens is 1. The Morgan fingerprint density at radius 3 is 2.44 bits per heavy atom. The Morgan fingerprint density at radius 1 is 1.33 bits per heavy atom. The van der Waals surface area contributed by atoms with Gasteiger partial charge in [-0.15, -0.1) is 0 Å². The van der Waals surface area contributed by atoms with Gasteiger partial charge in [0.1, 0.15) is 11.9 Å². The number of esters is 1. The molecule has 0 aliphatic rings. The van der Waals surface area contributed by atoms with E-state index in [2.05, 4.69) is 19.2 Å². The van der Waals surface area contributed by atoms with Crippen molar-refractivity contribution in [3.05, 3.63) is 35.6 Å². The Balaban J connectivity index is 2.55. The number of rotatable bonds is 6. The van der Waals surface area contributed by atoms with Crippen LogP contribution in [-0.4, -0.2) is 19.1 Å². The molecule has 1 rings (SSSR count). The Labute approximate surface area is 107 Å². The second kappa shape index (κ2) is 7.11. The maximum absolute atomic E-state index is 12.7. The Bertz CT molecular complexity index is 376. The fourth-order valence-corrected chi connectivity index (χ4v) is 1.72. The van der Waals surface area contributed by atoms with Gasteiger partial charge in [0.15, 0.2) is 0 Å². The summed E-state index contributed by atoms with van der Waals surface area (Å²) in [6.07, 6.45) is 0.716. The number of ether oxygens (including phenoxy) is 1. The molecule has 18 heavy (non-hydrogen) atoms. The topological polar surface area (TPSA) is 38.3 Å². The lowest BCUT2D eigenvalue weighted by Gasteiger charge is -2.18. The monoisotopic (exact) mass is 253 g/mol. The van der Waals surface area contributed by atoms with Crippen molar-refractivity contribution >= 4 is 5.97 Å². The fourth-order valence-electron chi connectivity index (χ4n) is 1.72. The van der Waals surface area contributed by atoms with Gasteiger partial charge in [-0.3, -0.25) is 4.79 Å². The van der Waals surface area contributed by atoms with Crippen LogP contribution in [0.4, 0.5) is 4.39 Å². The summed E-state index contributed by atoms with van der Waals surface area (Å²) in [6.45, 7) is 4.62. The molecule has 0 fully saturated rings. The molecule has 0 bridgehead atoms. The number of benzene rings is 1. The lowest BCUT2D eigenvalue weighted by atomic mass is 10.0. The summed E-state index contributed by atoms with van der Waals surface area (Å²) in [4.78, 5) is 11.6. The zero-order valence-electron chi connectivity index (χ0n) is 11.1. The van der Waals surface area contributed by atoms with Crippen LogP contribution in [0.1, 0.15) is 25.8 Å².